The Hall–Kier alpha value is -0.660. The number of benzene rings is 2. The van der Waals surface area contributed by atoms with E-state index in [-0.39, 0.29) is 23.3 Å². The molecule has 0 radical (unpaired) electrons. The van der Waals surface area contributed by atoms with Crippen LogP contribution in [0.5, 0.6) is 0 Å². The maximum atomic E-state index is 12.2. The zero-order valence-electron chi connectivity index (χ0n) is 11.8. The van der Waals surface area contributed by atoms with Crippen LogP contribution < -0.4 is 10.0 Å². The fraction of sp³-hybridized carbons (Fsp3) is 0.286. The van der Waals surface area contributed by atoms with Gasteiger partial charge in [0.05, 0.1) is 4.90 Å². The van der Waals surface area contributed by atoms with Crippen LogP contribution in [0.2, 0.25) is 0 Å². The van der Waals surface area contributed by atoms with Crippen LogP contribution in [0.4, 0.5) is 0 Å². The Balaban J connectivity index is 0.00000220. The second kappa shape index (κ2) is 7.56. The minimum Gasteiger partial charge on any atom is -0.316 e. The van der Waals surface area contributed by atoms with Crippen molar-refractivity contribution in [1.82, 2.24) is 10.0 Å². The normalized spacial score (nSPS) is 12.9. The number of rotatable bonds is 5. The molecule has 2 aromatic rings. The molecule has 0 heterocycles. The SMILES string of the molecule is CNC(C)CNS(=O)(=O)c1ccc2cc(Br)ccc2c1.Cl. The molecular formula is C14H18BrClN2O2S. The summed E-state index contributed by atoms with van der Waals surface area (Å²) in [4.78, 5) is 0.288. The third-order valence-corrected chi connectivity index (χ3v) is 5.07. The summed E-state index contributed by atoms with van der Waals surface area (Å²) in [6.07, 6.45) is 0. The number of hydrogen-bond acceptors (Lipinski definition) is 3. The molecular weight excluding hydrogens is 376 g/mol. The summed E-state index contributed by atoms with van der Waals surface area (Å²) >= 11 is 3.40. The van der Waals surface area contributed by atoms with E-state index in [1.807, 2.05) is 31.2 Å². The van der Waals surface area contributed by atoms with Crippen LogP contribution in [-0.4, -0.2) is 28.1 Å². The molecule has 0 saturated heterocycles. The maximum absolute atomic E-state index is 12.2. The smallest absolute Gasteiger partial charge is 0.240 e. The molecule has 1 unspecified atom stereocenters. The van der Waals surface area contributed by atoms with Crippen molar-refractivity contribution in [3.63, 3.8) is 0 Å². The highest BCUT2D eigenvalue weighted by Crippen LogP contribution is 2.22. The van der Waals surface area contributed by atoms with E-state index in [2.05, 4.69) is 26.0 Å². The van der Waals surface area contributed by atoms with E-state index >= 15 is 0 Å². The molecule has 21 heavy (non-hydrogen) atoms. The Morgan fingerprint density at radius 3 is 2.43 bits per heavy atom. The fourth-order valence-corrected chi connectivity index (χ4v) is 3.33. The van der Waals surface area contributed by atoms with E-state index in [0.717, 1.165) is 15.2 Å². The molecule has 116 valence electrons. The van der Waals surface area contributed by atoms with Crippen LogP contribution in [-0.2, 0) is 10.0 Å². The van der Waals surface area contributed by atoms with Crippen LogP contribution in [0.1, 0.15) is 6.92 Å². The van der Waals surface area contributed by atoms with Crippen LogP contribution in [0, 0.1) is 0 Å². The van der Waals surface area contributed by atoms with Gasteiger partial charge in [0.15, 0.2) is 0 Å². The molecule has 0 fully saturated rings. The van der Waals surface area contributed by atoms with Crippen LogP contribution in [0.25, 0.3) is 10.8 Å². The standard InChI is InChI=1S/C14H17BrN2O2S.ClH/c1-10(16-2)9-17-20(18,19)14-6-4-11-7-13(15)5-3-12(11)8-14;/h3-8,10,16-17H,9H2,1-2H3;1H. The van der Waals surface area contributed by atoms with E-state index in [0.29, 0.717) is 6.54 Å². The van der Waals surface area contributed by atoms with Gasteiger partial charge in [-0.2, -0.15) is 0 Å². The van der Waals surface area contributed by atoms with Gasteiger partial charge in [-0.3, -0.25) is 0 Å². The largest absolute Gasteiger partial charge is 0.316 e. The predicted octanol–water partition coefficient (Wildman–Crippen LogP) is 2.91. The Labute approximate surface area is 139 Å². The van der Waals surface area contributed by atoms with Crippen LogP contribution in [0.3, 0.4) is 0 Å². The topological polar surface area (TPSA) is 58.2 Å². The number of fused-ring (bicyclic) bond motifs is 1. The Kier molecular flexibility index (Phi) is 6.62. The van der Waals surface area contributed by atoms with Crippen LogP contribution in [0.15, 0.2) is 45.8 Å². The minimum absolute atomic E-state index is 0. The number of halogens is 2. The summed E-state index contributed by atoms with van der Waals surface area (Å²) in [5.41, 5.74) is 0. The quantitative estimate of drug-likeness (QED) is 0.821. The van der Waals surface area contributed by atoms with E-state index in [4.69, 9.17) is 0 Å². The van der Waals surface area contributed by atoms with Crippen molar-refractivity contribution in [2.24, 2.45) is 0 Å². The number of hydrogen-bond donors (Lipinski definition) is 2. The van der Waals surface area contributed by atoms with Crippen molar-refractivity contribution in [1.29, 1.82) is 0 Å². The van der Waals surface area contributed by atoms with Crippen molar-refractivity contribution in [3.05, 3.63) is 40.9 Å². The first-order valence-corrected chi connectivity index (χ1v) is 8.56. The minimum atomic E-state index is -3.47. The van der Waals surface area contributed by atoms with Gasteiger partial charge in [-0.05, 0) is 49.0 Å². The molecule has 0 bridgehead atoms. The summed E-state index contributed by atoms with van der Waals surface area (Å²) in [6, 6.07) is 11.0. The summed E-state index contributed by atoms with van der Waals surface area (Å²) in [7, 11) is -1.67. The van der Waals surface area contributed by atoms with Gasteiger partial charge in [-0.15, -0.1) is 12.4 Å². The lowest BCUT2D eigenvalue weighted by Crippen LogP contribution is -2.37. The molecule has 0 aliphatic heterocycles. The van der Waals surface area contributed by atoms with Crippen LogP contribution >= 0.6 is 28.3 Å². The molecule has 0 amide bonds. The lowest BCUT2D eigenvalue weighted by molar-refractivity contribution is 0.554. The van der Waals surface area contributed by atoms with Gasteiger partial charge in [-0.25, -0.2) is 13.1 Å². The first-order valence-electron chi connectivity index (χ1n) is 6.28. The highest BCUT2D eigenvalue weighted by molar-refractivity contribution is 9.10. The van der Waals surface area contributed by atoms with E-state index < -0.39 is 10.0 Å². The maximum Gasteiger partial charge on any atom is 0.240 e. The van der Waals surface area contributed by atoms with Crippen molar-refractivity contribution in [2.45, 2.75) is 17.9 Å². The van der Waals surface area contributed by atoms with E-state index in [1.165, 1.54) is 0 Å². The molecule has 4 nitrogen and oxygen atoms in total. The van der Waals surface area contributed by atoms with Gasteiger partial charge in [0.2, 0.25) is 10.0 Å². The highest BCUT2D eigenvalue weighted by Gasteiger charge is 2.15. The van der Waals surface area contributed by atoms with E-state index in [1.54, 1.807) is 19.2 Å². The van der Waals surface area contributed by atoms with Gasteiger partial charge in [0, 0.05) is 17.1 Å². The highest BCUT2D eigenvalue weighted by atomic mass is 79.9. The van der Waals surface area contributed by atoms with Gasteiger partial charge in [0.25, 0.3) is 0 Å². The van der Waals surface area contributed by atoms with Crippen molar-refractivity contribution < 1.29 is 8.42 Å². The van der Waals surface area contributed by atoms with Gasteiger partial charge < -0.3 is 5.32 Å². The van der Waals surface area contributed by atoms with E-state index in [9.17, 15) is 8.42 Å². The summed E-state index contributed by atoms with van der Waals surface area (Å²) in [5.74, 6) is 0. The van der Waals surface area contributed by atoms with Gasteiger partial charge in [0.1, 0.15) is 0 Å². The zero-order valence-corrected chi connectivity index (χ0v) is 15.0. The molecule has 0 aliphatic carbocycles. The summed E-state index contributed by atoms with van der Waals surface area (Å²) in [5, 5.41) is 4.90. The molecule has 7 heteroatoms. The second-order valence-electron chi connectivity index (χ2n) is 4.69. The fourth-order valence-electron chi connectivity index (χ4n) is 1.78. The number of nitrogens with one attached hydrogen (secondary N) is 2. The van der Waals surface area contributed by atoms with Crippen molar-refractivity contribution >= 4 is 49.1 Å². The third kappa shape index (κ3) is 4.66. The molecule has 0 saturated carbocycles. The average molecular weight is 394 g/mol. The Morgan fingerprint density at radius 2 is 1.76 bits per heavy atom. The van der Waals surface area contributed by atoms with Crippen molar-refractivity contribution in [3.8, 4) is 0 Å². The zero-order chi connectivity index (χ0) is 14.8. The summed E-state index contributed by atoms with van der Waals surface area (Å²) in [6.45, 7) is 2.28. The lowest BCUT2D eigenvalue weighted by atomic mass is 10.1. The monoisotopic (exact) mass is 392 g/mol. The molecule has 1 atom stereocenters. The molecule has 2 rings (SSSR count). The second-order valence-corrected chi connectivity index (χ2v) is 7.38. The predicted molar refractivity (Wildman–Crippen MR) is 92.6 cm³/mol. The van der Waals surface area contributed by atoms with Gasteiger partial charge >= 0.3 is 0 Å². The first kappa shape index (κ1) is 18.4. The lowest BCUT2D eigenvalue weighted by Gasteiger charge is -2.12. The van der Waals surface area contributed by atoms with Crippen molar-refractivity contribution in [2.75, 3.05) is 13.6 Å². The van der Waals surface area contributed by atoms with Gasteiger partial charge in [-0.1, -0.05) is 28.1 Å². The first-order chi connectivity index (χ1) is 9.42. The number of sulfonamides is 1. The summed E-state index contributed by atoms with van der Waals surface area (Å²) < 4.78 is 28.0. The number of likely N-dealkylation sites (N-methyl/N-ethyl adjacent to an activating group) is 1. The Morgan fingerprint density at radius 1 is 1.14 bits per heavy atom. The molecule has 0 aliphatic rings. The molecule has 0 spiro atoms. The Bertz CT molecular complexity index is 722. The molecule has 2 N–H and O–H groups in total. The molecule has 0 aromatic heterocycles. The molecule has 2 aromatic carbocycles. The third-order valence-electron chi connectivity index (χ3n) is 3.16. The average Bonchev–Trinajstić information content (AvgIpc) is 2.44.